The summed E-state index contributed by atoms with van der Waals surface area (Å²) in [6, 6.07) is 7.45. The summed E-state index contributed by atoms with van der Waals surface area (Å²) in [5.41, 5.74) is 6.47. The van der Waals surface area contributed by atoms with Gasteiger partial charge in [-0.1, -0.05) is 51.2 Å². The number of carbonyl (C=O) groups is 2. The third-order valence-corrected chi connectivity index (χ3v) is 3.97. The third-order valence-electron chi connectivity index (χ3n) is 3.97. The fourth-order valence-electron chi connectivity index (χ4n) is 2.49. The average Bonchev–Trinajstić information content (AvgIpc) is 3.17. The molecule has 0 fully saturated rings. The molecule has 2 aromatic rings. The highest BCUT2D eigenvalue weighted by atomic mass is 16.2. The molecule has 0 aliphatic rings. The van der Waals surface area contributed by atoms with Gasteiger partial charge < -0.3 is 0 Å². The molecule has 0 unspecified atom stereocenters. The lowest BCUT2D eigenvalue weighted by atomic mass is 10.0. The Balaban J connectivity index is 1.71. The van der Waals surface area contributed by atoms with E-state index in [0.29, 0.717) is 5.56 Å². The monoisotopic (exact) mass is 343 g/mol. The zero-order chi connectivity index (χ0) is 17.9. The molecule has 3 N–H and O–H groups in total. The molecule has 25 heavy (non-hydrogen) atoms. The molecule has 0 aliphatic heterocycles. The van der Waals surface area contributed by atoms with Crippen LogP contribution in [-0.4, -0.2) is 27.2 Å². The van der Waals surface area contributed by atoms with Crippen LogP contribution < -0.4 is 10.9 Å². The predicted octanol–water partition coefficient (Wildman–Crippen LogP) is 2.78. The van der Waals surface area contributed by atoms with E-state index in [1.165, 1.54) is 50.3 Å². The van der Waals surface area contributed by atoms with Crippen LogP contribution in [0, 0.1) is 0 Å². The van der Waals surface area contributed by atoms with Crippen molar-refractivity contribution in [2.45, 2.75) is 51.9 Å². The Morgan fingerprint density at radius 3 is 2.32 bits per heavy atom. The van der Waals surface area contributed by atoms with E-state index >= 15 is 0 Å². The molecule has 1 aromatic heterocycles. The van der Waals surface area contributed by atoms with Crippen molar-refractivity contribution in [2.24, 2.45) is 0 Å². The minimum Gasteiger partial charge on any atom is -0.267 e. The van der Waals surface area contributed by atoms with Crippen molar-refractivity contribution in [3.63, 3.8) is 0 Å². The molecule has 0 saturated carbocycles. The Morgan fingerprint density at radius 1 is 0.960 bits per heavy atom. The molecule has 134 valence electrons. The van der Waals surface area contributed by atoms with E-state index < -0.39 is 5.91 Å². The van der Waals surface area contributed by atoms with Crippen LogP contribution in [0.3, 0.4) is 0 Å². The van der Waals surface area contributed by atoms with Crippen LogP contribution >= 0.6 is 0 Å². The van der Waals surface area contributed by atoms with Crippen molar-refractivity contribution in [3.8, 4) is 0 Å². The summed E-state index contributed by atoms with van der Waals surface area (Å²) in [7, 11) is 0. The molecular formula is C18H25N5O2. The zero-order valence-electron chi connectivity index (χ0n) is 14.5. The van der Waals surface area contributed by atoms with Gasteiger partial charge in [-0.15, -0.1) is 0 Å². The van der Waals surface area contributed by atoms with Gasteiger partial charge in [-0.2, -0.15) is 15.4 Å². The van der Waals surface area contributed by atoms with Gasteiger partial charge in [0.2, 0.25) is 0 Å². The van der Waals surface area contributed by atoms with Gasteiger partial charge in [0.1, 0.15) is 0 Å². The first kappa shape index (κ1) is 18.6. The Morgan fingerprint density at radius 2 is 1.64 bits per heavy atom. The summed E-state index contributed by atoms with van der Waals surface area (Å²) in [5, 5.41) is 9.50. The lowest BCUT2D eigenvalue weighted by Gasteiger charge is -2.07. The molecule has 1 heterocycles. The molecule has 0 spiro atoms. The number of benzene rings is 1. The van der Waals surface area contributed by atoms with E-state index in [4.69, 9.17) is 0 Å². The first-order valence-electron chi connectivity index (χ1n) is 8.76. The number of nitrogens with zero attached hydrogens (tertiary/aromatic N) is 2. The van der Waals surface area contributed by atoms with Crippen molar-refractivity contribution in [3.05, 3.63) is 47.3 Å². The Kier molecular flexibility index (Phi) is 7.62. The number of carbonyl (C=O) groups excluding carboxylic acids is 2. The smallest absolute Gasteiger partial charge is 0.267 e. The maximum atomic E-state index is 12.0. The van der Waals surface area contributed by atoms with E-state index in [1.54, 1.807) is 12.1 Å². The lowest BCUT2D eigenvalue weighted by molar-refractivity contribution is 0.0844. The zero-order valence-corrected chi connectivity index (χ0v) is 14.5. The van der Waals surface area contributed by atoms with E-state index in [1.807, 2.05) is 12.1 Å². The number of amides is 2. The summed E-state index contributed by atoms with van der Waals surface area (Å²) in [6.07, 6.45) is 9.91. The molecular weight excluding hydrogens is 318 g/mol. The Labute approximate surface area is 147 Å². The number of hydrogen-bond donors (Lipinski definition) is 3. The number of aromatic amines is 1. The predicted molar refractivity (Wildman–Crippen MR) is 94.8 cm³/mol. The number of hydrogen-bond acceptors (Lipinski definition) is 4. The second-order valence-electron chi connectivity index (χ2n) is 5.98. The van der Waals surface area contributed by atoms with Crippen molar-refractivity contribution >= 4 is 11.8 Å². The summed E-state index contributed by atoms with van der Waals surface area (Å²) >= 11 is 0. The highest BCUT2D eigenvalue weighted by Gasteiger charge is 2.10. The fraction of sp³-hybridized carbons (Fsp3) is 0.444. The summed E-state index contributed by atoms with van der Waals surface area (Å²) < 4.78 is 0. The molecule has 0 atom stereocenters. The standard InChI is InChI=1S/C18H25N5O2/c1-2-3-4-5-6-7-8-14-9-11-15(12-10-14)17(24)21-22-18(25)16-13-19-23-20-16/h9-13H,2-8H2,1H3,(H,21,24)(H,22,25)(H,19,20,23). The summed E-state index contributed by atoms with van der Waals surface area (Å²) in [5.74, 6) is -0.898. The molecule has 2 rings (SSSR count). The first-order valence-corrected chi connectivity index (χ1v) is 8.76. The van der Waals surface area contributed by atoms with E-state index in [2.05, 4.69) is 33.2 Å². The maximum absolute atomic E-state index is 12.0. The molecule has 0 bridgehead atoms. The fourth-order valence-corrected chi connectivity index (χ4v) is 2.49. The van der Waals surface area contributed by atoms with Crippen LogP contribution in [0.4, 0.5) is 0 Å². The topological polar surface area (TPSA) is 99.8 Å². The van der Waals surface area contributed by atoms with Gasteiger partial charge in [-0.05, 0) is 30.5 Å². The molecule has 0 aliphatic carbocycles. The minimum atomic E-state index is -0.526. The highest BCUT2D eigenvalue weighted by molar-refractivity contribution is 5.98. The van der Waals surface area contributed by atoms with Gasteiger partial charge in [0.25, 0.3) is 11.8 Å². The first-order chi connectivity index (χ1) is 12.2. The number of H-pyrrole nitrogens is 1. The van der Waals surface area contributed by atoms with E-state index in [0.717, 1.165) is 6.42 Å². The summed E-state index contributed by atoms with van der Waals surface area (Å²) in [4.78, 5) is 23.7. The number of hydrazine groups is 1. The van der Waals surface area contributed by atoms with Crippen LogP contribution in [0.25, 0.3) is 0 Å². The highest BCUT2D eigenvalue weighted by Crippen LogP contribution is 2.11. The van der Waals surface area contributed by atoms with Crippen LogP contribution in [-0.2, 0) is 6.42 Å². The third kappa shape index (κ3) is 6.37. The molecule has 7 nitrogen and oxygen atoms in total. The van der Waals surface area contributed by atoms with Crippen molar-refractivity contribution < 1.29 is 9.59 Å². The van der Waals surface area contributed by atoms with Crippen LogP contribution in [0.1, 0.15) is 71.9 Å². The molecule has 7 heteroatoms. The number of rotatable bonds is 9. The number of nitrogens with one attached hydrogen (secondary N) is 3. The molecule has 0 radical (unpaired) electrons. The van der Waals surface area contributed by atoms with Gasteiger partial charge in [-0.3, -0.25) is 20.4 Å². The Hall–Kier alpha value is -2.70. The average molecular weight is 343 g/mol. The number of aryl methyl sites for hydroxylation is 1. The van der Waals surface area contributed by atoms with Crippen LogP contribution in [0.5, 0.6) is 0 Å². The lowest BCUT2D eigenvalue weighted by Crippen LogP contribution is -2.41. The SMILES string of the molecule is CCCCCCCCc1ccc(C(=O)NNC(=O)c2cn[nH]n2)cc1. The number of aromatic nitrogens is 3. The van der Waals surface area contributed by atoms with Crippen LogP contribution in [0.2, 0.25) is 0 Å². The molecule has 1 aromatic carbocycles. The van der Waals surface area contributed by atoms with E-state index in [-0.39, 0.29) is 11.6 Å². The van der Waals surface area contributed by atoms with Crippen molar-refractivity contribution in [2.75, 3.05) is 0 Å². The summed E-state index contributed by atoms with van der Waals surface area (Å²) in [6.45, 7) is 2.22. The quantitative estimate of drug-likeness (QED) is 0.481. The Bertz CT molecular complexity index is 653. The van der Waals surface area contributed by atoms with Crippen LogP contribution in [0.15, 0.2) is 30.5 Å². The minimum absolute atomic E-state index is 0.106. The van der Waals surface area contributed by atoms with Gasteiger partial charge in [0, 0.05) is 5.56 Å². The number of unbranched alkanes of at least 4 members (excludes halogenated alkanes) is 5. The second-order valence-corrected chi connectivity index (χ2v) is 5.98. The van der Waals surface area contributed by atoms with Crippen molar-refractivity contribution in [1.82, 2.24) is 26.3 Å². The van der Waals surface area contributed by atoms with Gasteiger partial charge in [-0.25, -0.2) is 0 Å². The molecule has 2 amide bonds. The second kappa shape index (κ2) is 10.2. The molecule has 0 saturated heterocycles. The van der Waals surface area contributed by atoms with Gasteiger partial charge in [0.15, 0.2) is 5.69 Å². The van der Waals surface area contributed by atoms with Gasteiger partial charge >= 0.3 is 0 Å². The maximum Gasteiger partial charge on any atom is 0.291 e. The normalized spacial score (nSPS) is 10.4. The van der Waals surface area contributed by atoms with Crippen molar-refractivity contribution in [1.29, 1.82) is 0 Å². The largest absolute Gasteiger partial charge is 0.291 e. The van der Waals surface area contributed by atoms with Gasteiger partial charge in [0.05, 0.1) is 6.20 Å². The van der Waals surface area contributed by atoms with E-state index in [9.17, 15) is 9.59 Å².